The van der Waals surface area contributed by atoms with E-state index >= 15 is 0 Å². The minimum atomic E-state index is -0.619. The Hall–Kier alpha value is -5.24. The second kappa shape index (κ2) is 10.4. The lowest BCUT2D eigenvalue weighted by Gasteiger charge is -2.15. The first-order chi connectivity index (χ1) is 18.5. The average Bonchev–Trinajstić information content (AvgIpc) is 3.29. The Morgan fingerprint density at radius 1 is 0.921 bits per heavy atom. The number of hydrogen-bond acceptors (Lipinski definition) is 5. The molecule has 0 saturated carbocycles. The summed E-state index contributed by atoms with van der Waals surface area (Å²) >= 11 is 0. The number of aromatic nitrogens is 4. The first kappa shape index (κ1) is 24.5. The molecule has 0 atom stereocenters. The van der Waals surface area contributed by atoms with Gasteiger partial charge in [0.25, 0.3) is 11.5 Å². The van der Waals surface area contributed by atoms with E-state index in [2.05, 4.69) is 35.2 Å². The summed E-state index contributed by atoms with van der Waals surface area (Å²) in [5, 5.41) is 5.63. The molecule has 6 rings (SSSR count). The number of rotatable bonds is 4. The van der Waals surface area contributed by atoms with Crippen molar-refractivity contribution in [2.75, 3.05) is 5.73 Å². The van der Waals surface area contributed by atoms with Crippen molar-refractivity contribution in [2.45, 2.75) is 13.3 Å². The highest BCUT2D eigenvalue weighted by Crippen LogP contribution is 2.27. The fourth-order valence-corrected chi connectivity index (χ4v) is 4.53. The first-order valence-electron chi connectivity index (χ1n) is 12.2. The van der Waals surface area contributed by atoms with Crippen LogP contribution in [-0.4, -0.2) is 25.1 Å². The molecule has 0 saturated heterocycles. The summed E-state index contributed by atoms with van der Waals surface area (Å²) in [5.41, 5.74) is 15.2. The molecule has 8 heteroatoms. The molecule has 0 aliphatic rings. The number of carbonyl (C=O) groups excluding carboxylic acids is 1. The Morgan fingerprint density at radius 2 is 1.63 bits per heavy atom. The van der Waals surface area contributed by atoms with E-state index in [0.29, 0.717) is 5.65 Å². The van der Waals surface area contributed by atoms with Gasteiger partial charge < -0.3 is 11.5 Å². The van der Waals surface area contributed by atoms with E-state index < -0.39 is 5.91 Å². The van der Waals surface area contributed by atoms with Gasteiger partial charge in [0.2, 0.25) is 0 Å². The number of anilines is 1. The summed E-state index contributed by atoms with van der Waals surface area (Å²) < 4.78 is 3.25. The predicted molar refractivity (Wildman–Crippen MR) is 150 cm³/mol. The summed E-state index contributed by atoms with van der Waals surface area (Å²) in [7, 11) is 0. The van der Waals surface area contributed by atoms with Crippen LogP contribution < -0.4 is 17.0 Å². The van der Waals surface area contributed by atoms with E-state index in [-0.39, 0.29) is 16.9 Å². The van der Waals surface area contributed by atoms with Crippen LogP contribution in [0.1, 0.15) is 23.0 Å². The quantitative estimate of drug-likeness (QED) is 0.364. The number of pyridine rings is 1. The molecular weight excluding hydrogens is 476 g/mol. The largest absolute Gasteiger partial charge is 0.381 e. The number of aryl methyl sites for hydroxylation is 1. The maximum Gasteiger partial charge on any atom is 0.263 e. The molecule has 0 spiro atoms. The van der Waals surface area contributed by atoms with Crippen molar-refractivity contribution < 1.29 is 4.79 Å². The molecule has 3 aromatic heterocycles. The minimum Gasteiger partial charge on any atom is -0.381 e. The zero-order valence-electron chi connectivity index (χ0n) is 20.8. The molecular formula is C30H26N6O2. The van der Waals surface area contributed by atoms with E-state index in [1.165, 1.54) is 4.52 Å². The number of fused-ring (bicyclic) bond motifs is 2. The van der Waals surface area contributed by atoms with Gasteiger partial charge in [0.1, 0.15) is 5.56 Å². The van der Waals surface area contributed by atoms with Crippen LogP contribution in [0.2, 0.25) is 0 Å². The maximum atomic E-state index is 13.5. The van der Waals surface area contributed by atoms with Gasteiger partial charge in [-0.3, -0.25) is 14.2 Å². The summed E-state index contributed by atoms with van der Waals surface area (Å²) in [6.07, 6.45) is 3.99. The highest BCUT2D eigenvalue weighted by molar-refractivity contribution is 6.03. The van der Waals surface area contributed by atoms with Crippen LogP contribution in [0.15, 0.2) is 108 Å². The highest BCUT2D eigenvalue weighted by Gasteiger charge is 2.16. The molecule has 8 nitrogen and oxygen atoms in total. The van der Waals surface area contributed by atoms with Crippen molar-refractivity contribution in [2.24, 2.45) is 5.73 Å². The normalized spacial score (nSPS) is 10.8. The standard InChI is InChI=1S/C23H19NO.C7H7N5O/c1-2-19-16-18-12-9-15-21(17-10-5-3-6-11-17)22(18)23(25)24(19)20-13-7-4-8-14-20;8-5-4(6(9)13)7-10-2-1-3-12(7)11-5/h3-16H,2H2,1H3;1-3H,(H2,8,11)(H2,9,13). The molecule has 6 aromatic rings. The van der Waals surface area contributed by atoms with E-state index in [1.54, 1.807) is 18.5 Å². The number of nitrogen functional groups attached to an aromatic ring is 1. The Balaban J connectivity index is 0.000000190. The Kier molecular flexibility index (Phi) is 6.69. The summed E-state index contributed by atoms with van der Waals surface area (Å²) in [4.78, 5) is 28.4. The summed E-state index contributed by atoms with van der Waals surface area (Å²) in [5.74, 6) is -0.516. The van der Waals surface area contributed by atoms with Gasteiger partial charge in [-0.1, -0.05) is 73.7 Å². The highest BCUT2D eigenvalue weighted by atomic mass is 16.1. The number of hydrogen-bond donors (Lipinski definition) is 2. The van der Waals surface area contributed by atoms with Gasteiger partial charge in [-0.15, -0.1) is 5.10 Å². The zero-order valence-corrected chi connectivity index (χ0v) is 20.8. The average molecular weight is 503 g/mol. The summed E-state index contributed by atoms with van der Waals surface area (Å²) in [6.45, 7) is 2.08. The smallest absolute Gasteiger partial charge is 0.263 e. The van der Waals surface area contributed by atoms with Crippen LogP contribution in [-0.2, 0) is 6.42 Å². The molecule has 0 fully saturated rings. The predicted octanol–water partition coefficient (Wildman–Crippen LogP) is 4.63. The van der Waals surface area contributed by atoms with Gasteiger partial charge in [0, 0.05) is 23.8 Å². The number of nitrogens with zero attached hydrogens (tertiary/aromatic N) is 4. The van der Waals surface area contributed by atoms with Crippen LogP contribution in [0.3, 0.4) is 0 Å². The summed E-state index contributed by atoms with van der Waals surface area (Å²) in [6, 6.07) is 29.9. The monoisotopic (exact) mass is 502 g/mol. The van der Waals surface area contributed by atoms with Gasteiger partial charge >= 0.3 is 0 Å². The van der Waals surface area contributed by atoms with Crippen molar-refractivity contribution in [1.29, 1.82) is 0 Å². The lowest BCUT2D eigenvalue weighted by Crippen LogP contribution is -2.22. The fraction of sp³-hybridized carbons (Fsp3) is 0.0667. The number of nitrogens with two attached hydrogens (primary N) is 2. The van der Waals surface area contributed by atoms with Crippen LogP contribution >= 0.6 is 0 Å². The number of amides is 1. The number of primary amides is 1. The first-order valence-corrected chi connectivity index (χ1v) is 12.2. The van der Waals surface area contributed by atoms with E-state index in [4.69, 9.17) is 11.5 Å². The lowest BCUT2D eigenvalue weighted by molar-refractivity contribution is 0.100. The van der Waals surface area contributed by atoms with E-state index in [1.807, 2.05) is 71.3 Å². The minimum absolute atomic E-state index is 0.0417. The van der Waals surface area contributed by atoms with Crippen LogP contribution in [0.25, 0.3) is 33.2 Å². The van der Waals surface area contributed by atoms with Crippen molar-refractivity contribution in [3.05, 3.63) is 125 Å². The van der Waals surface area contributed by atoms with Crippen molar-refractivity contribution in [3.8, 4) is 16.8 Å². The molecule has 0 bridgehead atoms. The molecule has 3 heterocycles. The molecule has 0 radical (unpaired) electrons. The van der Waals surface area contributed by atoms with Crippen LogP contribution in [0.5, 0.6) is 0 Å². The van der Waals surface area contributed by atoms with Crippen LogP contribution in [0, 0.1) is 0 Å². The van der Waals surface area contributed by atoms with Crippen molar-refractivity contribution >= 4 is 28.1 Å². The zero-order chi connectivity index (χ0) is 26.6. The van der Waals surface area contributed by atoms with Gasteiger partial charge in [0.05, 0.1) is 5.39 Å². The van der Waals surface area contributed by atoms with E-state index in [0.717, 1.165) is 39.7 Å². The van der Waals surface area contributed by atoms with Gasteiger partial charge in [-0.2, -0.15) is 0 Å². The number of para-hydroxylation sites is 1. The third kappa shape index (κ3) is 4.51. The molecule has 1 amide bonds. The second-order valence-electron chi connectivity index (χ2n) is 8.61. The van der Waals surface area contributed by atoms with Crippen molar-refractivity contribution in [1.82, 2.24) is 19.2 Å². The maximum absolute atomic E-state index is 13.5. The number of carbonyl (C=O) groups is 1. The molecule has 3 aromatic carbocycles. The van der Waals surface area contributed by atoms with Gasteiger partial charge in [-0.05, 0) is 47.2 Å². The SMILES string of the molecule is CCc1cc2cccc(-c3ccccc3)c2c(=O)n1-c1ccccc1.NC(=O)c1c(N)nn2cccnc12. The Bertz CT molecular complexity index is 1810. The Morgan fingerprint density at radius 3 is 2.32 bits per heavy atom. The molecule has 0 aliphatic carbocycles. The van der Waals surface area contributed by atoms with Crippen molar-refractivity contribution in [3.63, 3.8) is 0 Å². The Labute approximate surface area is 218 Å². The molecule has 0 unspecified atom stereocenters. The van der Waals surface area contributed by atoms with Gasteiger partial charge in [-0.25, -0.2) is 9.50 Å². The molecule has 38 heavy (non-hydrogen) atoms. The topological polar surface area (TPSA) is 121 Å². The number of benzene rings is 3. The third-order valence-corrected chi connectivity index (χ3v) is 6.25. The van der Waals surface area contributed by atoms with E-state index in [9.17, 15) is 9.59 Å². The fourth-order valence-electron chi connectivity index (χ4n) is 4.53. The lowest BCUT2D eigenvalue weighted by atomic mass is 9.98. The molecule has 4 N–H and O–H groups in total. The molecule has 188 valence electrons. The molecule has 0 aliphatic heterocycles. The third-order valence-electron chi connectivity index (χ3n) is 6.25. The van der Waals surface area contributed by atoms with Gasteiger partial charge in [0.15, 0.2) is 11.5 Å². The second-order valence-corrected chi connectivity index (χ2v) is 8.61. The van der Waals surface area contributed by atoms with Crippen LogP contribution in [0.4, 0.5) is 5.82 Å².